The Kier molecular flexibility index (Phi) is 8.72. The number of hydrogen-bond donors (Lipinski definition) is 0. The highest BCUT2D eigenvalue weighted by atomic mass is 19.1. The Morgan fingerprint density at radius 3 is 2.06 bits per heavy atom. The molecule has 2 aromatic carbocycles. The molecule has 1 saturated carbocycles. The van der Waals surface area contributed by atoms with Crippen LogP contribution in [0.25, 0.3) is 11.1 Å². The molecule has 1 heterocycles. The molecule has 2 aliphatic rings. The number of hydrogen-bond acceptors (Lipinski definition) is 3. The van der Waals surface area contributed by atoms with E-state index in [-0.39, 0.29) is 12.1 Å². The van der Waals surface area contributed by atoms with Crippen LogP contribution in [-0.2, 0) is 20.6 Å². The summed E-state index contributed by atoms with van der Waals surface area (Å²) in [6, 6.07) is 15.5. The average molecular weight is 441 g/mol. The maximum atomic E-state index is 13.1. The molecule has 1 aliphatic carbocycles. The standard InChI is InChI=1S/C28H37FO3/c1-30-18-2-3-23-19-31-28(32-20-23)26-12-8-22(9-13-26)5-4-21-6-10-24(11-7-21)25-14-16-27(29)17-15-25/h6-7,10-11,14-17,22-23,26,28H,2-5,8-9,12-13,18-20H2,1H3/t22?,23-,26?,28-. The minimum Gasteiger partial charge on any atom is -0.385 e. The zero-order valence-electron chi connectivity index (χ0n) is 19.3. The predicted molar refractivity (Wildman–Crippen MR) is 126 cm³/mol. The van der Waals surface area contributed by atoms with Gasteiger partial charge in [-0.2, -0.15) is 0 Å². The summed E-state index contributed by atoms with van der Waals surface area (Å²) in [6.07, 6.45) is 9.57. The van der Waals surface area contributed by atoms with Crippen LogP contribution in [-0.4, -0.2) is 33.2 Å². The predicted octanol–water partition coefficient (Wildman–Crippen LogP) is 6.65. The Balaban J connectivity index is 1.15. The molecule has 0 unspecified atom stereocenters. The topological polar surface area (TPSA) is 27.7 Å². The molecule has 174 valence electrons. The van der Waals surface area contributed by atoms with Gasteiger partial charge in [0.05, 0.1) is 13.2 Å². The van der Waals surface area contributed by atoms with Gasteiger partial charge in [0.1, 0.15) is 5.82 Å². The SMILES string of the molecule is COCCC[C@H]1CO[C@H](C2CCC(CCc3ccc(-c4ccc(F)cc4)cc3)CC2)OC1. The van der Waals surface area contributed by atoms with Crippen molar-refractivity contribution >= 4 is 0 Å². The molecule has 4 rings (SSSR count). The van der Waals surface area contributed by atoms with Gasteiger partial charge in [0, 0.05) is 25.6 Å². The molecule has 2 aromatic rings. The zero-order valence-corrected chi connectivity index (χ0v) is 19.3. The summed E-state index contributed by atoms with van der Waals surface area (Å²) in [6.45, 7) is 2.49. The van der Waals surface area contributed by atoms with E-state index in [0.717, 1.165) is 56.1 Å². The molecule has 0 N–H and O–H groups in total. The Morgan fingerprint density at radius 1 is 0.812 bits per heavy atom. The number of rotatable bonds is 9. The van der Waals surface area contributed by atoms with Crippen molar-refractivity contribution < 1.29 is 18.6 Å². The van der Waals surface area contributed by atoms with Crippen LogP contribution in [0.1, 0.15) is 50.5 Å². The molecule has 1 aliphatic heterocycles. The first-order chi connectivity index (χ1) is 15.7. The van der Waals surface area contributed by atoms with Gasteiger partial charge < -0.3 is 14.2 Å². The van der Waals surface area contributed by atoms with Gasteiger partial charge in [0.2, 0.25) is 0 Å². The lowest BCUT2D eigenvalue weighted by atomic mass is 9.79. The van der Waals surface area contributed by atoms with E-state index in [9.17, 15) is 4.39 Å². The van der Waals surface area contributed by atoms with Crippen molar-refractivity contribution in [1.29, 1.82) is 0 Å². The van der Waals surface area contributed by atoms with E-state index < -0.39 is 0 Å². The molecule has 2 fully saturated rings. The summed E-state index contributed by atoms with van der Waals surface area (Å²) >= 11 is 0. The first-order valence-electron chi connectivity index (χ1n) is 12.3. The van der Waals surface area contributed by atoms with Crippen LogP contribution in [0, 0.1) is 23.6 Å². The van der Waals surface area contributed by atoms with E-state index in [1.807, 2.05) is 12.1 Å². The molecule has 3 nitrogen and oxygen atoms in total. The summed E-state index contributed by atoms with van der Waals surface area (Å²) in [7, 11) is 1.76. The third kappa shape index (κ3) is 6.63. The maximum Gasteiger partial charge on any atom is 0.160 e. The largest absolute Gasteiger partial charge is 0.385 e. The second kappa shape index (κ2) is 11.9. The van der Waals surface area contributed by atoms with Crippen LogP contribution in [0.2, 0.25) is 0 Å². The Morgan fingerprint density at radius 2 is 1.44 bits per heavy atom. The molecule has 1 saturated heterocycles. The van der Waals surface area contributed by atoms with Gasteiger partial charge >= 0.3 is 0 Å². The molecule has 0 aromatic heterocycles. The van der Waals surface area contributed by atoms with Crippen LogP contribution in [0.5, 0.6) is 0 Å². The molecule has 0 atom stereocenters. The van der Waals surface area contributed by atoms with Crippen LogP contribution in [0.3, 0.4) is 0 Å². The van der Waals surface area contributed by atoms with E-state index in [0.29, 0.717) is 11.8 Å². The van der Waals surface area contributed by atoms with Gasteiger partial charge in [-0.1, -0.05) is 36.4 Å². The summed E-state index contributed by atoms with van der Waals surface area (Å²) < 4.78 is 30.5. The Hall–Kier alpha value is -1.75. The smallest absolute Gasteiger partial charge is 0.160 e. The van der Waals surface area contributed by atoms with Crippen molar-refractivity contribution in [3.8, 4) is 11.1 Å². The van der Waals surface area contributed by atoms with E-state index in [1.165, 1.54) is 49.8 Å². The lowest BCUT2D eigenvalue weighted by Crippen LogP contribution is -2.38. The number of aryl methyl sites for hydroxylation is 1. The van der Waals surface area contributed by atoms with Crippen molar-refractivity contribution in [3.05, 3.63) is 59.9 Å². The highest BCUT2D eigenvalue weighted by Crippen LogP contribution is 2.36. The van der Waals surface area contributed by atoms with Crippen molar-refractivity contribution in [2.75, 3.05) is 26.9 Å². The Bertz CT molecular complexity index is 788. The van der Waals surface area contributed by atoms with E-state index >= 15 is 0 Å². The maximum absolute atomic E-state index is 13.1. The Labute approximate surface area is 192 Å². The van der Waals surface area contributed by atoms with Crippen LogP contribution in [0.15, 0.2) is 48.5 Å². The molecular weight excluding hydrogens is 403 g/mol. The number of benzene rings is 2. The summed E-state index contributed by atoms with van der Waals surface area (Å²) in [5, 5.41) is 0. The quantitative estimate of drug-likeness (QED) is 0.409. The normalized spacial score (nSPS) is 26.2. The van der Waals surface area contributed by atoms with Crippen molar-refractivity contribution in [1.82, 2.24) is 0 Å². The van der Waals surface area contributed by atoms with Gasteiger partial charge in [-0.05, 0) is 86.1 Å². The number of ether oxygens (including phenoxy) is 3. The van der Waals surface area contributed by atoms with Gasteiger partial charge in [-0.3, -0.25) is 0 Å². The van der Waals surface area contributed by atoms with Gasteiger partial charge in [-0.25, -0.2) is 4.39 Å². The molecule has 0 bridgehead atoms. The number of methoxy groups -OCH3 is 1. The van der Waals surface area contributed by atoms with Gasteiger partial charge in [0.15, 0.2) is 6.29 Å². The van der Waals surface area contributed by atoms with Crippen LogP contribution in [0.4, 0.5) is 4.39 Å². The fraction of sp³-hybridized carbons (Fsp3) is 0.571. The second-order valence-electron chi connectivity index (χ2n) is 9.56. The first-order valence-corrected chi connectivity index (χ1v) is 12.3. The van der Waals surface area contributed by atoms with Crippen LogP contribution >= 0.6 is 0 Å². The third-order valence-electron chi connectivity index (χ3n) is 7.20. The van der Waals surface area contributed by atoms with Gasteiger partial charge in [0.25, 0.3) is 0 Å². The van der Waals surface area contributed by atoms with E-state index in [4.69, 9.17) is 14.2 Å². The third-order valence-corrected chi connectivity index (χ3v) is 7.20. The zero-order chi connectivity index (χ0) is 22.2. The molecule has 0 amide bonds. The van der Waals surface area contributed by atoms with Crippen molar-refractivity contribution in [3.63, 3.8) is 0 Å². The van der Waals surface area contributed by atoms with Gasteiger partial charge in [-0.15, -0.1) is 0 Å². The number of halogens is 1. The molecule has 32 heavy (non-hydrogen) atoms. The summed E-state index contributed by atoms with van der Waals surface area (Å²) in [5.41, 5.74) is 3.59. The molecular formula is C28H37FO3. The van der Waals surface area contributed by atoms with Crippen molar-refractivity contribution in [2.45, 2.75) is 57.7 Å². The average Bonchev–Trinajstić information content (AvgIpc) is 2.85. The second-order valence-corrected chi connectivity index (χ2v) is 9.56. The molecule has 4 heteroatoms. The minimum atomic E-state index is -0.191. The van der Waals surface area contributed by atoms with E-state index in [2.05, 4.69) is 24.3 Å². The minimum absolute atomic E-state index is 0.00799. The van der Waals surface area contributed by atoms with Crippen LogP contribution < -0.4 is 0 Å². The lowest BCUT2D eigenvalue weighted by Gasteiger charge is -2.37. The van der Waals surface area contributed by atoms with Crippen molar-refractivity contribution in [2.24, 2.45) is 17.8 Å². The fourth-order valence-electron chi connectivity index (χ4n) is 5.14. The highest BCUT2D eigenvalue weighted by molar-refractivity contribution is 5.63. The fourth-order valence-corrected chi connectivity index (χ4v) is 5.14. The monoisotopic (exact) mass is 440 g/mol. The summed E-state index contributed by atoms with van der Waals surface area (Å²) in [4.78, 5) is 0. The summed E-state index contributed by atoms with van der Waals surface area (Å²) in [5.74, 6) is 1.69. The highest BCUT2D eigenvalue weighted by Gasteiger charge is 2.32. The molecule has 0 radical (unpaired) electrons. The van der Waals surface area contributed by atoms with E-state index in [1.54, 1.807) is 7.11 Å². The first kappa shape index (κ1) is 23.4. The molecule has 0 spiro atoms. The lowest BCUT2D eigenvalue weighted by molar-refractivity contribution is -0.230.